The first-order valence-corrected chi connectivity index (χ1v) is 8.21. The van der Waals surface area contributed by atoms with Crippen molar-refractivity contribution in [3.8, 4) is 0 Å². The number of hydrogen-bond donors (Lipinski definition) is 2. The van der Waals surface area contributed by atoms with Crippen LogP contribution in [0.3, 0.4) is 0 Å². The largest absolute Gasteiger partial charge is 0.447 e. The zero-order chi connectivity index (χ0) is 17.4. The van der Waals surface area contributed by atoms with Gasteiger partial charge in [-0.25, -0.2) is 14.8 Å². The van der Waals surface area contributed by atoms with Crippen LogP contribution in [0.4, 0.5) is 16.3 Å². The predicted molar refractivity (Wildman–Crippen MR) is 95.4 cm³/mol. The SMILES string of the molecule is CCc1ncnc(NCCOC(=O)Nc2cccc(C)c2)c1CC. The summed E-state index contributed by atoms with van der Waals surface area (Å²) in [6, 6.07) is 7.57. The monoisotopic (exact) mass is 328 g/mol. The fourth-order valence-electron chi connectivity index (χ4n) is 2.47. The Hall–Kier alpha value is -2.63. The van der Waals surface area contributed by atoms with Gasteiger partial charge in [0.1, 0.15) is 18.8 Å². The third kappa shape index (κ3) is 4.94. The minimum Gasteiger partial charge on any atom is -0.447 e. The molecule has 0 radical (unpaired) electrons. The van der Waals surface area contributed by atoms with Crippen molar-refractivity contribution in [3.05, 3.63) is 47.4 Å². The third-order valence-electron chi connectivity index (χ3n) is 3.62. The molecule has 24 heavy (non-hydrogen) atoms. The quantitative estimate of drug-likeness (QED) is 0.760. The fraction of sp³-hybridized carbons (Fsp3) is 0.389. The molecule has 1 amide bonds. The highest BCUT2D eigenvalue weighted by Gasteiger charge is 2.08. The summed E-state index contributed by atoms with van der Waals surface area (Å²) in [6.07, 6.45) is 2.83. The summed E-state index contributed by atoms with van der Waals surface area (Å²) in [5, 5.41) is 5.92. The van der Waals surface area contributed by atoms with E-state index in [1.54, 1.807) is 6.33 Å². The number of hydrogen-bond acceptors (Lipinski definition) is 5. The van der Waals surface area contributed by atoms with Crippen LogP contribution in [0.15, 0.2) is 30.6 Å². The fourth-order valence-corrected chi connectivity index (χ4v) is 2.47. The Morgan fingerprint density at radius 3 is 2.75 bits per heavy atom. The van der Waals surface area contributed by atoms with Gasteiger partial charge in [-0.15, -0.1) is 0 Å². The first kappa shape index (κ1) is 17.7. The van der Waals surface area contributed by atoms with Crippen LogP contribution in [0.1, 0.15) is 30.7 Å². The Balaban J connectivity index is 1.80. The average Bonchev–Trinajstić information content (AvgIpc) is 2.58. The lowest BCUT2D eigenvalue weighted by atomic mass is 10.1. The van der Waals surface area contributed by atoms with Crippen LogP contribution in [0.2, 0.25) is 0 Å². The van der Waals surface area contributed by atoms with E-state index in [-0.39, 0.29) is 6.61 Å². The number of ether oxygens (including phenoxy) is 1. The van der Waals surface area contributed by atoms with Gasteiger partial charge < -0.3 is 10.1 Å². The minimum atomic E-state index is -0.463. The topological polar surface area (TPSA) is 76.1 Å². The molecule has 6 heteroatoms. The molecule has 0 spiro atoms. The van der Waals surface area contributed by atoms with Crippen molar-refractivity contribution in [2.75, 3.05) is 23.8 Å². The molecule has 0 aliphatic heterocycles. The van der Waals surface area contributed by atoms with Crippen molar-refractivity contribution >= 4 is 17.6 Å². The van der Waals surface area contributed by atoms with Gasteiger partial charge in [-0.2, -0.15) is 0 Å². The Morgan fingerprint density at radius 2 is 2.04 bits per heavy atom. The van der Waals surface area contributed by atoms with E-state index in [4.69, 9.17) is 4.74 Å². The number of carbonyl (C=O) groups is 1. The van der Waals surface area contributed by atoms with Gasteiger partial charge in [0, 0.05) is 16.9 Å². The summed E-state index contributed by atoms with van der Waals surface area (Å²) >= 11 is 0. The standard InChI is InChI=1S/C18H24N4O2/c1-4-15-16(5-2)20-12-21-17(15)19-9-10-24-18(23)22-14-8-6-7-13(3)11-14/h6-8,11-12H,4-5,9-10H2,1-3H3,(H,22,23)(H,19,20,21). The average molecular weight is 328 g/mol. The first-order valence-electron chi connectivity index (χ1n) is 8.21. The van der Waals surface area contributed by atoms with Crippen LogP contribution >= 0.6 is 0 Å². The Kier molecular flexibility index (Phi) is 6.54. The van der Waals surface area contributed by atoms with Crippen LogP contribution in [0, 0.1) is 6.92 Å². The maximum absolute atomic E-state index is 11.8. The van der Waals surface area contributed by atoms with Crippen LogP contribution < -0.4 is 10.6 Å². The molecule has 0 saturated carbocycles. The number of nitrogens with one attached hydrogen (secondary N) is 2. The van der Waals surface area contributed by atoms with Gasteiger partial charge in [-0.1, -0.05) is 26.0 Å². The number of nitrogens with zero attached hydrogens (tertiary/aromatic N) is 2. The number of anilines is 2. The molecule has 2 aromatic rings. The van der Waals surface area contributed by atoms with Gasteiger partial charge in [0.05, 0.1) is 6.54 Å². The molecule has 2 rings (SSSR count). The van der Waals surface area contributed by atoms with Crippen molar-refractivity contribution < 1.29 is 9.53 Å². The lowest BCUT2D eigenvalue weighted by molar-refractivity contribution is 0.166. The van der Waals surface area contributed by atoms with Crippen molar-refractivity contribution in [3.63, 3.8) is 0 Å². The minimum absolute atomic E-state index is 0.256. The number of rotatable bonds is 7. The Morgan fingerprint density at radius 1 is 1.21 bits per heavy atom. The second-order valence-corrected chi connectivity index (χ2v) is 5.41. The molecule has 0 atom stereocenters. The van der Waals surface area contributed by atoms with Crippen molar-refractivity contribution in [2.45, 2.75) is 33.6 Å². The van der Waals surface area contributed by atoms with E-state index in [0.29, 0.717) is 6.54 Å². The molecule has 1 heterocycles. The van der Waals surface area contributed by atoms with Crippen LogP contribution in [-0.4, -0.2) is 29.2 Å². The van der Waals surface area contributed by atoms with Gasteiger partial charge in [0.25, 0.3) is 0 Å². The molecule has 0 aliphatic rings. The third-order valence-corrected chi connectivity index (χ3v) is 3.62. The highest BCUT2D eigenvalue weighted by atomic mass is 16.5. The van der Waals surface area contributed by atoms with Gasteiger partial charge >= 0.3 is 6.09 Å². The summed E-state index contributed by atoms with van der Waals surface area (Å²) in [6.45, 7) is 6.87. The molecular weight excluding hydrogens is 304 g/mol. The zero-order valence-electron chi connectivity index (χ0n) is 14.4. The predicted octanol–water partition coefficient (Wildman–Crippen LogP) is 3.57. The molecule has 128 valence electrons. The Labute approximate surface area is 142 Å². The maximum Gasteiger partial charge on any atom is 0.411 e. The van der Waals surface area contributed by atoms with Crippen molar-refractivity contribution in [2.24, 2.45) is 0 Å². The number of aromatic nitrogens is 2. The molecule has 1 aromatic heterocycles. The maximum atomic E-state index is 11.8. The van der Waals surface area contributed by atoms with Crippen molar-refractivity contribution in [1.29, 1.82) is 0 Å². The number of benzene rings is 1. The molecule has 0 bridgehead atoms. The number of amides is 1. The number of aryl methyl sites for hydroxylation is 2. The van der Waals surface area contributed by atoms with E-state index in [9.17, 15) is 4.79 Å². The smallest absolute Gasteiger partial charge is 0.411 e. The van der Waals surface area contributed by atoms with Crippen LogP contribution in [0.25, 0.3) is 0 Å². The molecule has 2 N–H and O–H groups in total. The summed E-state index contributed by atoms with van der Waals surface area (Å²) < 4.78 is 5.18. The van der Waals surface area contributed by atoms with Gasteiger partial charge in [-0.05, 0) is 37.5 Å². The van der Waals surface area contributed by atoms with Crippen molar-refractivity contribution in [1.82, 2.24) is 9.97 Å². The van der Waals surface area contributed by atoms with E-state index in [2.05, 4.69) is 34.4 Å². The molecular formula is C18H24N4O2. The highest BCUT2D eigenvalue weighted by Crippen LogP contribution is 2.16. The Bertz CT molecular complexity index is 688. The second kappa shape index (κ2) is 8.86. The van der Waals surface area contributed by atoms with E-state index < -0.39 is 6.09 Å². The lowest BCUT2D eigenvalue weighted by Crippen LogP contribution is -2.19. The van der Waals surface area contributed by atoms with Gasteiger partial charge in [-0.3, -0.25) is 5.32 Å². The second-order valence-electron chi connectivity index (χ2n) is 5.41. The van der Waals surface area contributed by atoms with E-state index in [0.717, 1.165) is 41.2 Å². The lowest BCUT2D eigenvalue weighted by Gasteiger charge is -2.12. The molecule has 0 aliphatic carbocycles. The molecule has 0 saturated heterocycles. The van der Waals surface area contributed by atoms with E-state index in [1.807, 2.05) is 31.2 Å². The summed E-state index contributed by atoms with van der Waals surface area (Å²) in [5.74, 6) is 0.812. The molecule has 6 nitrogen and oxygen atoms in total. The van der Waals surface area contributed by atoms with Crippen LogP contribution in [0.5, 0.6) is 0 Å². The summed E-state index contributed by atoms with van der Waals surface area (Å²) in [5.41, 5.74) is 3.97. The van der Waals surface area contributed by atoms with Gasteiger partial charge in [0.2, 0.25) is 0 Å². The molecule has 0 fully saturated rings. The molecule has 0 unspecified atom stereocenters. The number of carbonyl (C=O) groups excluding carboxylic acids is 1. The van der Waals surface area contributed by atoms with E-state index >= 15 is 0 Å². The van der Waals surface area contributed by atoms with Crippen LogP contribution in [-0.2, 0) is 17.6 Å². The highest BCUT2D eigenvalue weighted by molar-refractivity contribution is 5.84. The van der Waals surface area contributed by atoms with E-state index in [1.165, 1.54) is 0 Å². The molecule has 1 aromatic carbocycles. The summed E-state index contributed by atoms with van der Waals surface area (Å²) in [7, 11) is 0. The summed E-state index contributed by atoms with van der Waals surface area (Å²) in [4.78, 5) is 20.3. The normalized spacial score (nSPS) is 10.3. The van der Waals surface area contributed by atoms with Gasteiger partial charge in [0.15, 0.2) is 0 Å². The first-order chi connectivity index (χ1) is 11.6. The zero-order valence-corrected chi connectivity index (χ0v) is 14.4.